The highest BCUT2D eigenvalue weighted by Gasteiger charge is 2.17. The van der Waals surface area contributed by atoms with Gasteiger partial charge in [0, 0.05) is 17.3 Å². The fraction of sp³-hybridized carbons (Fsp3) is 0.0800. The number of hydrogen-bond donors (Lipinski definition) is 0. The maximum atomic E-state index is 12.9. The molecule has 0 amide bonds. The minimum atomic E-state index is 0.0249. The molecule has 3 heteroatoms. The predicted octanol–water partition coefficient (Wildman–Crippen LogP) is 5.49. The minimum Gasteiger partial charge on any atom is -0.497 e. The number of benzene rings is 3. The summed E-state index contributed by atoms with van der Waals surface area (Å²) in [5.74, 6) is 0.785. The third-order valence-corrected chi connectivity index (χ3v) is 4.90. The van der Waals surface area contributed by atoms with E-state index in [2.05, 4.69) is 16.7 Å². The highest BCUT2D eigenvalue weighted by molar-refractivity contribution is 5.73. The van der Waals surface area contributed by atoms with Gasteiger partial charge in [-0.2, -0.15) is 0 Å². The molecule has 0 fully saturated rings. The molecule has 4 rings (SSSR count). The second kappa shape index (κ2) is 7.57. The smallest absolute Gasteiger partial charge is 0.185 e. The Hall–Kier alpha value is -3.59. The predicted molar refractivity (Wildman–Crippen MR) is 114 cm³/mol. The van der Waals surface area contributed by atoms with Gasteiger partial charge in [0.1, 0.15) is 5.75 Å². The standard InChI is InChI=1S/C25H21NO2/c1-18-24(27)17-23(19-13-15-22(28-2)16-14-19)26(21-11-7-4-8-12-21)25(18)20-9-5-3-6-10-20/h3-17H,1-2H3. The summed E-state index contributed by atoms with van der Waals surface area (Å²) in [6.07, 6.45) is 0. The van der Waals surface area contributed by atoms with Crippen molar-refractivity contribution in [3.63, 3.8) is 0 Å². The zero-order valence-corrected chi connectivity index (χ0v) is 15.9. The van der Waals surface area contributed by atoms with Crippen LogP contribution in [0.25, 0.3) is 28.2 Å². The van der Waals surface area contributed by atoms with Crippen molar-refractivity contribution in [1.82, 2.24) is 4.57 Å². The maximum absolute atomic E-state index is 12.9. The van der Waals surface area contributed by atoms with Crippen molar-refractivity contribution in [1.29, 1.82) is 0 Å². The summed E-state index contributed by atoms with van der Waals surface area (Å²) < 4.78 is 7.45. The van der Waals surface area contributed by atoms with Crippen LogP contribution in [0.3, 0.4) is 0 Å². The molecule has 3 aromatic carbocycles. The van der Waals surface area contributed by atoms with Gasteiger partial charge in [-0.1, -0.05) is 48.5 Å². The number of nitrogens with zero attached hydrogens (tertiary/aromatic N) is 1. The van der Waals surface area contributed by atoms with Crippen molar-refractivity contribution in [3.05, 3.63) is 107 Å². The molecule has 0 spiro atoms. The number of pyridine rings is 1. The average molecular weight is 367 g/mol. The molecule has 3 nitrogen and oxygen atoms in total. The highest BCUT2D eigenvalue weighted by atomic mass is 16.5. The van der Waals surface area contributed by atoms with E-state index < -0.39 is 0 Å². The Morgan fingerprint density at radius 1 is 0.750 bits per heavy atom. The van der Waals surface area contributed by atoms with Crippen LogP contribution >= 0.6 is 0 Å². The molecule has 4 aromatic rings. The van der Waals surface area contributed by atoms with Crippen LogP contribution in [0.5, 0.6) is 5.75 Å². The SMILES string of the molecule is COc1ccc(-c2cc(=O)c(C)c(-c3ccccc3)n2-c2ccccc2)cc1. The molecular formula is C25H21NO2. The lowest BCUT2D eigenvalue weighted by molar-refractivity contribution is 0.415. The summed E-state index contributed by atoms with van der Waals surface area (Å²) in [5, 5.41) is 0. The van der Waals surface area contributed by atoms with Gasteiger partial charge in [0.05, 0.1) is 18.5 Å². The Labute approximate surface area is 164 Å². The number of hydrogen-bond acceptors (Lipinski definition) is 2. The first kappa shape index (κ1) is 17.8. The monoisotopic (exact) mass is 367 g/mol. The normalized spacial score (nSPS) is 10.6. The summed E-state index contributed by atoms with van der Waals surface area (Å²) in [6, 6.07) is 29.7. The number of ether oxygens (including phenoxy) is 1. The van der Waals surface area contributed by atoms with Crippen LogP contribution in [0.1, 0.15) is 5.56 Å². The second-order valence-corrected chi connectivity index (χ2v) is 6.63. The maximum Gasteiger partial charge on any atom is 0.185 e. The van der Waals surface area contributed by atoms with Gasteiger partial charge in [0.15, 0.2) is 5.43 Å². The van der Waals surface area contributed by atoms with E-state index in [4.69, 9.17) is 4.74 Å². The minimum absolute atomic E-state index is 0.0249. The first-order valence-corrected chi connectivity index (χ1v) is 9.21. The number of rotatable bonds is 4. The third-order valence-electron chi connectivity index (χ3n) is 4.90. The van der Waals surface area contributed by atoms with E-state index in [9.17, 15) is 4.79 Å². The molecular weight excluding hydrogens is 346 g/mol. The van der Waals surface area contributed by atoms with Crippen LogP contribution in [0, 0.1) is 6.92 Å². The fourth-order valence-corrected chi connectivity index (χ4v) is 3.46. The molecule has 1 aromatic heterocycles. The van der Waals surface area contributed by atoms with E-state index in [0.29, 0.717) is 0 Å². The first-order chi connectivity index (χ1) is 13.7. The van der Waals surface area contributed by atoms with E-state index in [-0.39, 0.29) is 5.43 Å². The fourth-order valence-electron chi connectivity index (χ4n) is 3.46. The van der Waals surface area contributed by atoms with E-state index in [1.165, 1.54) is 0 Å². The Morgan fingerprint density at radius 3 is 1.96 bits per heavy atom. The lowest BCUT2D eigenvalue weighted by Crippen LogP contribution is -2.15. The number of aromatic nitrogens is 1. The molecule has 0 aliphatic heterocycles. The van der Waals surface area contributed by atoms with Crippen molar-refractivity contribution in [3.8, 4) is 34.0 Å². The Morgan fingerprint density at radius 2 is 1.36 bits per heavy atom. The summed E-state index contributed by atoms with van der Waals surface area (Å²) in [4.78, 5) is 12.9. The molecule has 0 aliphatic rings. The molecule has 28 heavy (non-hydrogen) atoms. The summed E-state index contributed by atoms with van der Waals surface area (Å²) in [5.41, 5.74) is 5.49. The van der Waals surface area contributed by atoms with Crippen molar-refractivity contribution in [2.75, 3.05) is 7.11 Å². The van der Waals surface area contributed by atoms with Gasteiger partial charge >= 0.3 is 0 Å². The molecule has 0 N–H and O–H groups in total. The van der Waals surface area contributed by atoms with E-state index in [0.717, 1.165) is 39.5 Å². The van der Waals surface area contributed by atoms with Crippen molar-refractivity contribution < 1.29 is 4.74 Å². The molecule has 0 atom stereocenters. The topological polar surface area (TPSA) is 31.2 Å². The van der Waals surface area contributed by atoms with Gasteiger partial charge in [-0.15, -0.1) is 0 Å². The summed E-state index contributed by atoms with van der Waals surface area (Å²) in [7, 11) is 1.65. The van der Waals surface area contributed by atoms with Crippen LogP contribution in [0.15, 0.2) is 95.8 Å². The lowest BCUT2D eigenvalue weighted by atomic mass is 10.0. The highest BCUT2D eigenvalue weighted by Crippen LogP contribution is 2.32. The van der Waals surface area contributed by atoms with Crippen LogP contribution in [0.4, 0.5) is 0 Å². The largest absolute Gasteiger partial charge is 0.497 e. The molecule has 0 aliphatic carbocycles. The first-order valence-electron chi connectivity index (χ1n) is 9.21. The molecule has 0 saturated carbocycles. The number of para-hydroxylation sites is 1. The molecule has 0 unspecified atom stereocenters. The molecule has 0 bridgehead atoms. The van der Waals surface area contributed by atoms with Gasteiger partial charge in [-0.05, 0) is 54.4 Å². The van der Waals surface area contributed by atoms with Gasteiger partial charge in [0.2, 0.25) is 0 Å². The third kappa shape index (κ3) is 3.23. The zero-order valence-electron chi connectivity index (χ0n) is 15.9. The van der Waals surface area contributed by atoms with E-state index in [1.54, 1.807) is 13.2 Å². The number of methoxy groups -OCH3 is 1. The quantitative estimate of drug-likeness (QED) is 0.478. The Balaban J connectivity index is 2.08. The summed E-state index contributed by atoms with van der Waals surface area (Å²) >= 11 is 0. The van der Waals surface area contributed by atoms with E-state index >= 15 is 0 Å². The molecule has 0 saturated heterocycles. The van der Waals surface area contributed by atoms with Crippen molar-refractivity contribution in [2.45, 2.75) is 6.92 Å². The molecule has 138 valence electrons. The zero-order chi connectivity index (χ0) is 19.5. The Kier molecular flexibility index (Phi) is 4.81. The lowest BCUT2D eigenvalue weighted by Gasteiger charge is -2.21. The van der Waals surface area contributed by atoms with Gasteiger partial charge in [0.25, 0.3) is 0 Å². The molecule has 1 heterocycles. The van der Waals surface area contributed by atoms with Gasteiger partial charge in [-0.3, -0.25) is 4.79 Å². The van der Waals surface area contributed by atoms with Crippen LogP contribution < -0.4 is 10.2 Å². The van der Waals surface area contributed by atoms with Crippen molar-refractivity contribution in [2.24, 2.45) is 0 Å². The molecule has 0 radical (unpaired) electrons. The van der Waals surface area contributed by atoms with Crippen molar-refractivity contribution >= 4 is 0 Å². The van der Waals surface area contributed by atoms with E-state index in [1.807, 2.05) is 79.7 Å². The average Bonchev–Trinajstić information content (AvgIpc) is 2.76. The summed E-state index contributed by atoms with van der Waals surface area (Å²) in [6.45, 7) is 1.89. The van der Waals surface area contributed by atoms with Crippen LogP contribution in [0.2, 0.25) is 0 Å². The van der Waals surface area contributed by atoms with Gasteiger partial charge < -0.3 is 9.30 Å². The second-order valence-electron chi connectivity index (χ2n) is 6.63. The van der Waals surface area contributed by atoms with Crippen LogP contribution in [-0.4, -0.2) is 11.7 Å². The van der Waals surface area contributed by atoms with Crippen LogP contribution in [-0.2, 0) is 0 Å². The van der Waals surface area contributed by atoms with Gasteiger partial charge in [-0.25, -0.2) is 0 Å². The Bertz CT molecular complexity index is 1150.